The van der Waals surface area contributed by atoms with Crippen molar-refractivity contribution in [2.24, 2.45) is 0 Å². The summed E-state index contributed by atoms with van der Waals surface area (Å²) in [7, 11) is 1.65. The smallest absolute Gasteiger partial charge is 0.157 e. The van der Waals surface area contributed by atoms with E-state index in [1.54, 1.807) is 17.8 Å². The van der Waals surface area contributed by atoms with Crippen molar-refractivity contribution in [3.63, 3.8) is 0 Å². The van der Waals surface area contributed by atoms with Crippen molar-refractivity contribution in [1.82, 2.24) is 24.9 Å². The van der Waals surface area contributed by atoms with Crippen LogP contribution in [0, 0.1) is 5.82 Å². The standard InChI is InChI=1S/C20H23FN6O/c1-28-17-9-19-23-11-16(27(19)26-20(17)12-4-5-12)15-7-13(21)8-18(25-15)24-14-3-2-6-22-10-14/h7-9,11-12,14,22H,2-6,10H2,1H3,(H,24,25)/t14-/m1/s1. The average Bonchev–Trinajstić information content (AvgIpc) is 3.46. The van der Waals surface area contributed by atoms with Crippen LogP contribution in [0.2, 0.25) is 0 Å². The molecule has 2 aliphatic rings. The third-order valence-electron chi connectivity index (χ3n) is 5.37. The van der Waals surface area contributed by atoms with Crippen LogP contribution < -0.4 is 15.4 Å². The summed E-state index contributed by atoms with van der Waals surface area (Å²) in [5, 5.41) is 11.5. The first-order valence-electron chi connectivity index (χ1n) is 9.79. The minimum absolute atomic E-state index is 0.252. The van der Waals surface area contributed by atoms with Crippen LogP contribution in [0.4, 0.5) is 10.2 Å². The number of nitrogens with one attached hydrogen (secondary N) is 2. The number of aromatic nitrogens is 4. The zero-order valence-corrected chi connectivity index (χ0v) is 15.8. The predicted molar refractivity (Wildman–Crippen MR) is 104 cm³/mol. The zero-order chi connectivity index (χ0) is 19.1. The number of halogens is 1. The van der Waals surface area contributed by atoms with Gasteiger partial charge in [0.15, 0.2) is 5.65 Å². The fraction of sp³-hybridized carbons (Fsp3) is 0.450. The minimum atomic E-state index is -0.331. The topological polar surface area (TPSA) is 76.4 Å². The maximum atomic E-state index is 14.3. The average molecular weight is 382 g/mol. The van der Waals surface area contributed by atoms with Gasteiger partial charge in [0.05, 0.1) is 19.0 Å². The van der Waals surface area contributed by atoms with E-state index in [-0.39, 0.29) is 11.9 Å². The Hall–Kier alpha value is -2.74. The highest BCUT2D eigenvalue weighted by atomic mass is 19.1. The molecule has 5 rings (SSSR count). The van der Waals surface area contributed by atoms with Crippen molar-refractivity contribution < 1.29 is 9.13 Å². The highest BCUT2D eigenvalue weighted by Gasteiger charge is 2.30. The number of anilines is 1. The summed E-state index contributed by atoms with van der Waals surface area (Å²) in [6.45, 7) is 1.88. The van der Waals surface area contributed by atoms with Gasteiger partial charge in [-0.15, -0.1) is 0 Å². The maximum Gasteiger partial charge on any atom is 0.157 e. The second kappa shape index (κ2) is 7.01. The van der Waals surface area contributed by atoms with Crippen molar-refractivity contribution in [2.75, 3.05) is 25.5 Å². The molecule has 7 nitrogen and oxygen atoms in total. The molecule has 1 aliphatic heterocycles. The van der Waals surface area contributed by atoms with Gasteiger partial charge in [0.2, 0.25) is 0 Å². The van der Waals surface area contributed by atoms with Gasteiger partial charge < -0.3 is 15.4 Å². The van der Waals surface area contributed by atoms with Gasteiger partial charge >= 0.3 is 0 Å². The van der Waals surface area contributed by atoms with E-state index in [0.717, 1.165) is 50.2 Å². The van der Waals surface area contributed by atoms with Crippen LogP contribution in [0.25, 0.3) is 17.0 Å². The van der Waals surface area contributed by atoms with Crippen LogP contribution in [0.1, 0.15) is 37.3 Å². The van der Waals surface area contributed by atoms with Crippen LogP contribution in [-0.4, -0.2) is 45.8 Å². The predicted octanol–water partition coefficient (Wildman–Crippen LogP) is 2.98. The molecule has 2 N–H and O–H groups in total. The van der Waals surface area contributed by atoms with Crippen molar-refractivity contribution in [2.45, 2.75) is 37.6 Å². The highest BCUT2D eigenvalue weighted by molar-refractivity contribution is 5.62. The van der Waals surface area contributed by atoms with E-state index in [1.807, 2.05) is 6.07 Å². The zero-order valence-electron chi connectivity index (χ0n) is 15.8. The lowest BCUT2D eigenvalue weighted by Crippen LogP contribution is -2.38. The Morgan fingerprint density at radius 3 is 2.89 bits per heavy atom. The molecule has 4 heterocycles. The fourth-order valence-electron chi connectivity index (χ4n) is 3.78. The monoisotopic (exact) mass is 382 g/mol. The number of imidazole rings is 1. The Morgan fingerprint density at radius 1 is 1.25 bits per heavy atom. The molecule has 0 bridgehead atoms. The summed E-state index contributed by atoms with van der Waals surface area (Å²) in [6.07, 6.45) is 6.05. The molecule has 3 aromatic rings. The van der Waals surface area contributed by atoms with Crippen LogP contribution in [0.15, 0.2) is 24.4 Å². The van der Waals surface area contributed by atoms with Crippen molar-refractivity contribution >= 4 is 11.5 Å². The molecule has 0 spiro atoms. The first kappa shape index (κ1) is 17.4. The second-order valence-electron chi connectivity index (χ2n) is 7.53. The molecular weight excluding hydrogens is 359 g/mol. The Kier molecular flexibility index (Phi) is 4.35. The Balaban J connectivity index is 1.53. The number of ether oxygens (including phenoxy) is 1. The molecule has 146 valence electrons. The van der Waals surface area contributed by atoms with E-state index < -0.39 is 0 Å². The molecule has 0 aromatic carbocycles. The van der Waals surface area contributed by atoms with Crippen LogP contribution >= 0.6 is 0 Å². The number of hydrogen-bond donors (Lipinski definition) is 2. The van der Waals surface area contributed by atoms with Crippen LogP contribution in [-0.2, 0) is 0 Å². The Labute approximate surface area is 162 Å². The molecule has 1 saturated heterocycles. The first-order chi connectivity index (χ1) is 13.7. The molecule has 3 aromatic heterocycles. The maximum absolute atomic E-state index is 14.3. The lowest BCUT2D eigenvalue weighted by atomic mass is 10.1. The highest BCUT2D eigenvalue weighted by Crippen LogP contribution is 2.43. The first-order valence-corrected chi connectivity index (χ1v) is 9.79. The lowest BCUT2D eigenvalue weighted by molar-refractivity contribution is 0.405. The van der Waals surface area contributed by atoms with E-state index in [4.69, 9.17) is 9.84 Å². The SMILES string of the molecule is COc1cc2ncc(-c3cc(F)cc(N[C@@H]4CCCNC4)n3)n2nc1C1CC1. The van der Waals surface area contributed by atoms with Gasteiger partial charge in [-0.25, -0.2) is 18.9 Å². The van der Waals surface area contributed by atoms with Crippen LogP contribution in [0.3, 0.4) is 0 Å². The fourth-order valence-corrected chi connectivity index (χ4v) is 3.78. The van der Waals surface area contributed by atoms with Crippen molar-refractivity contribution in [3.8, 4) is 17.1 Å². The number of piperidine rings is 1. The van der Waals surface area contributed by atoms with E-state index >= 15 is 0 Å². The number of rotatable bonds is 5. The lowest BCUT2D eigenvalue weighted by Gasteiger charge is -2.24. The van der Waals surface area contributed by atoms with Gasteiger partial charge in [-0.2, -0.15) is 5.10 Å². The molecule has 2 fully saturated rings. The summed E-state index contributed by atoms with van der Waals surface area (Å²) in [5.41, 5.74) is 2.77. The third kappa shape index (κ3) is 3.28. The van der Waals surface area contributed by atoms with Gasteiger partial charge in [-0.05, 0) is 32.2 Å². The normalized spacial score (nSPS) is 19.7. The molecule has 1 saturated carbocycles. The Bertz CT molecular complexity index is 1010. The second-order valence-corrected chi connectivity index (χ2v) is 7.53. The molecule has 1 atom stereocenters. The molecule has 0 unspecified atom stereocenters. The number of nitrogens with zero attached hydrogens (tertiary/aromatic N) is 4. The molecular formula is C20H23FN6O. The van der Waals surface area contributed by atoms with E-state index in [2.05, 4.69) is 20.6 Å². The molecule has 28 heavy (non-hydrogen) atoms. The van der Waals surface area contributed by atoms with Gasteiger partial charge in [-0.1, -0.05) is 0 Å². The quantitative estimate of drug-likeness (QED) is 0.707. The summed E-state index contributed by atoms with van der Waals surface area (Å²) < 4.78 is 21.6. The largest absolute Gasteiger partial charge is 0.495 e. The summed E-state index contributed by atoms with van der Waals surface area (Å²) in [6, 6.07) is 5.00. The van der Waals surface area contributed by atoms with E-state index in [9.17, 15) is 4.39 Å². The van der Waals surface area contributed by atoms with Crippen LogP contribution in [0.5, 0.6) is 5.75 Å². The number of pyridine rings is 1. The van der Waals surface area contributed by atoms with Crippen molar-refractivity contribution in [1.29, 1.82) is 0 Å². The third-order valence-corrected chi connectivity index (χ3v) is 5.37. The number of hydrogen-bond acceptors (Lipinski definition) is 6. The summed E-state index contributed by atoms with van der Waals surface area (Å²) >= 11 is 0. The minimum Gasteiger partial charge on any atom is -0.495 e. The molecule has 8 heteroatoms. The van der Waals surface area contributed by atoms with E-state index in [1.165, 1.54) is 12.1 Å². The van der Waals surface area contributed by atoms with Gasteiger partial charge in [0.1, 0.15) is 28.8 Å². The summed E-state index contributed by atoms with van der Waals surface area (Å²) in [4.78, 5) is 9.07. The van der Waals surface area contributed by atoms with Gasteiger partial charge in [0, 0.05) is 36.7 Å². The Morgan fingerprint density at radius 2 is 2.14 bits per heavy atom. The number of fused-ring (bicyclic) bond motifs is 1. The van der Waals surface area contributed by atoms with Crippen molar-refractivity contribution in [3.05, 3.63) is 35.9 Å². The summed E-state index contributed by atoms with van der Waals surface area (Å²) in [5.74, 6) is 1.38. The molecule has 0 radical (unpaired) electrons. The van der Waals surface area contributed by atoms with E-state index in [0.29, 0.717) is 28.8 Å². The molecule has 0 amide bonds. The van der Waals surface area contributed by atoms with Gasteiger partial charge in [-0.3, -0.25) is 0 Å². The molecule has 1 aliphatic carbocycles. The number of methoxy groups -OCH3 is 1. The van der Waals surface area contributed by atoms with Gasteiger partial charge in [0.25, 0.3) is 0 Å².